The first-order chi connectivity index (χ1) is 23.2. The Hall–Kier alpha value is -3.45. The third-order valence-electron chi connectivity index (χ3n) is 10.1. The maximum Gasteiger partial charge on any atom is 0.336 e. The molecule has 3 fully saturated rings. The van der Waals surface area contributed by atoms with Gasteiger partial charge in [0.25, 0.3) is 0 Å². The summed E-state index contributed by atoms with van der Waals surface area (Å²) in [6.45, 7) is 2.55. The average Bonchev–Trinajstić information content (AvgIpc) is 3.71. The topological polar surface area (TPSA) is 121 Å². The number of piperazine rings is 1. The Bertz CT molecular complexity index is 1590. The van der Waals surface area contributed by atoms with E-state index in [0.717, 1.165) is 50.2 Å². The summed E-state index contributed by atoms with van der Waals surface area (Å²) >= 11 is 14.9. The van der Waals surface area contributed by atoms with Crippen molar-refractivity contribution in [2.75, 3.05) is 40.4 Å². The molecule has 4 aliphatic heterocycles. The summed E-state index contributed by atoms with van der Waals surface area (Å²) in [7, 11) is 2.53. The molecule has 14 heteroatoms. The first-order valence-corrected chi connectivity index (χ1v) is 17.8. The van der Waals surface area contributed by atoms with E-state index < -0.39 is 17.9 Å². The number of fused-ring (bicyclic) bond motifs is 2. The Balaban J connectivity index is 1.28. The molecule has 3 atom stereocenters. The molecule has 0 aliphatic carbocycles. The number of ether oxygens (including phenoxy) is 2. The number of thiazole rings is 1. The number of nitrogens with one attached hydrogen (secondary N) is 1. The van der Waals surface area contributed by atoms with E-state index in [0.29, 0.717) is 61.0 Å². The SMILES string of the molecule is COC(=O)C1=C(CCc2nccs2)NC(CC(=O)N2CCN(C3CC4CCC(C3)N4C=O)CC2)=C(C(=O)OC)C1c1c(Cl)cccc1Cl. The van der Waals surface area contributed by atoms with Crippen LogP contribution >= 0.6 is 34.5 Å². The standard InChI is InChI=1S/C34H39Cl2N5O6S/c1-46-33(44)30-25(8-9-27-37-10-15-48-27)38-26(31(34(45)47-2)32(30)29-23(35)4-3-5-24(29)36)18-28(43)40-13-11-39(12-14-40)22-16-20-6-7-21(17-22)41(20)19-42/h3-5,10,15,19-22,32,38H,6-9,11-14,16-18H2,1-2H3. The molecule has 0 saturated carbocycles. The van der Waals surface area contributed by atoms with Gasteiger partial charge in [-0.3, -0.25) is 14.5 Å². The molecule has 1 N–H and O–H groups in total. The van der Waals surface area contributed by atoms with E-state index in [1.54, 1.807) is 24.4 Å². The van der Waals surface area contributed by atoms with E-state index in [1.165, 1.54) is 25.6 Å². The molecule has 0 spiro atoms. The fraction of sp³-hybridized carbons (Fsp3) is 0.500. The van der Waals surface area contributed by atoms with E-state index in [1.807, 2.05) is 15.2 Å². The van der Waals surface area contributed by atoms with Gasteiger partial charge in [0.1, 0.15) is 0 Å². The fourth-order valence-electron chi connectivity index (χ4n) is 7.79. The fourth-order valence-corrected chi connectivity index (χ4v) is 9.02. The van der Waals surface area contributed by atoms with E-state index >= 15 is 0 Å². The monoisotopic (exact) mass is 715 g/mol. The number of hydrogen-bond donors (Lipinski definition) is 1. The molecule has 2 aromatic rings. The number of aryl methyl sites for hydroxylation is 1. The Morgan fingerprint density at radius 1 is 0.938 bits per heavy atom. The lowest BCUT2D eigenvalue weighted by atomic mass is 9.78. The largest absolute Gasteiger partial charge is 0.466 e. The Kier molecular flexibility index (Phi) is 10.7. The van der Waals surface area contributed by atoms with Gasteiger partial charge in [-0.15, -0.1) is 11.3 Å². The molecule has 1 aromatic heterocycles. The molecule has 6 rings (SSSR count). The summed E-state index contributed by atoms with van der Waals surface area (Å²) in [6, 6.07) is 5.97. The second-order valence-corrected chi connectivity index (χ2v) is 14.3. The molecule has 5 heterocycles. The summed E-state index contributed by atoms with van der Waals surface area (Å²) < 4.78 is 10.5. The maximum absolute atomic E-state index is 14.0. The number of nitrogens with zero attached hydrogens (tertiary/aromatic N) is 4. The second kappa shape index (κ2) is 15.0. The normalized spacial score (nSPS) is 24.4. The highest BCUT2D eigenvalue weighted by atomic mass is 35.5. The molecular formula is C34H39Cl2N5O6S. The van der Waals surface area contributed by atoms with Crippen molar-refractivity contribution in [3.63, 3.8) is 0 Å². The summed E-state index contributed by atoms with van der Waals surface area (Å²) in [6.07, 6.45) is 7.50. The van der Waals surface area contributed by atoms with E-state index in [2.05, 4.69) is 15.2 Å². The lowest BCUT2D eigenvalue weighted by Gasteiger charge is -2.45. The number of rotatable bonds is 10. The van der Waals surface area contributed by atoms with Crippen LogP contribution in [0.5, 0.6) is 0 Å². The van der Waals surface area contributed by atoms with Gasteiger partial charge in [-0.1, -0.05) is 29.3 Å². The molecule has 2 bridgehead atoms. The molecule has 3 unspecified atom stereocenters. The molecule has 256 valence electrons. The van der Waals surface area contributed by atoms with Crippen molar-refractivity contribution in [2.45, 2.75) is 69.0 Å². The predicted octanol–water partition coefficient (Wildman–Crippen LogP) is 4.31. The average molecular weight is 717 g/mol. The van der Waals surface area contributed by atoms with Gasteiger partial charge in [-0.05, 0) is 44.2 Å². The third kappa shape index (κ3) is 6.85. The number of halogens is 2. The highest BCUT2D eigenvalue weighted by molar-refractivity contribution is 7.09. The highest BCUT2D eigenvalue weighted by Gasteiger charge is 2.44. The van der Waals surface area contributed by atoms with Gasteiger partial charge in [-0.2, -0.15) is 0 Å². The minimum absolute atomic E-state index is 0.0790. The zero-order chi connectivity index (χ0) is 33.9. The first-order valence-electron chi connectivity index (χ1n) is 16.2. The van der Waals surface area contributed by atoms with Gasteiger partial charge in [0.2, 0.25) is 12.3 Å². The number of benzene rings is 1. The number of dihydropyridines is 1. The molecule has 2 amide bonds. The smallest absolute Gasteiger partial charge is 0.336 e. The van der Waals surface area contributed by atoms with Crippen molar-refractivity contribution in [3.05, 3.63) is 72.9 Å². The van der Waals surface area contributed by atoms with Crippen molar-refractivity contribution < 1.29 is 28.7 Å². The minimum atomic E-state index is -1.05. The van der Waals surface area contributed by atoms with Crippen LogP contribution in [0.2, 0.25) is 10.0 Å². The van der Waals surface area contributed by atoms with Crippen LogP contribution in [-0.2, 0) is 35.1 Å². The molecule has 1 aromatic carbocycles. The van der Waals surface area contributed by atoms with Crippen molar-refractivity contribution in [1.82, 2.24) is 25.0 Å². The zero-order valence-electron chi connectivity index (χ0n) is 27.0. The van der Waals surface area contributed by atoms with Crippen molar-refractivity contribution in [1.29, 1.82) is 0 Å². The first kappa shape index (κ1) is 34.4. The van der Waals surface area contributed by atoms with Crippen molar-refractivity contribution in [3.8, 4) is 0 Å². The van der Waals surface area contributed by atoms with Crippen molar-refractivity contribution in [2.24, 2.45) is 0 Å². The van der Waals surface area contributed by atoms with Crippen LogP contribution in [0.3, 0.4) is 0 Å². The van der Waals surface area contributed by atoms with Crippen molar-refractivity contribution >= 4 is 58.8 Å². The molecule has 48 heavy (non-hydrogen) atoms. The second-order valence-electron chi connectivity index (χ2n) is 12.5. The third-order valence-corrected chi connectivity index (χ3v) is 11.6. The van der Waals surface area contributed by atoms with Crippen LogP contribution in [0.15, 0.2) is 52.3 Å². The van der Waals surface area contributed by atoms with Gasteiger partial charge < -0.3 is 24.6 Å². The number of carbonyl (C=O) groups is 4. The number of carbonyl (C=O) groups excluding carboxylic acids is 4. The van der Waals surface area contributed by atoms with Gasteiger partial charge in [0.05, 0.1) is 42.7 Å². The van der Waals surface area contributed by atoms with E-state index in [4.69, 9.17) is 32.7 Å². The molecule has 4 aliphatic rings. The van der Waals surface area contributed by atoms with Crippen LogP contribution in [0, 0.1) is 0 Å². The number of amides is 2. The molecule has 11 nitrogen and oxygen atoms in total. The zero-order valence-corrected chi connectivity index (χ0v) is 29.3. The minimum Gasteiger partial charge on any atom is -0.466 e. The summed E-state index contributed by atoms with van der Waals surface area (Å²) in [5, 5.41) is 6.55. The maximum atomic E-state index is 14.0. The van der Waals surface area contributed by atoms with Crippen LogP contribution < -0.4 is 5.32 Å². The van der Waals surface area contributed by atoms with Crippen LogP contribution in [0.4, 0.5) is 0 Å². The summed E-state index contributed by atoms with van der Waals surface area (Å²) in [5.41, 5.74) is 1.42. The quantitative estimate of drug-likeness (QED) is 0.283. The van der Waals surface area contributed by atoms with Gasteiger partial charge in [0, 0.05) is 89.3 Å². The van der Waals surface area contributed by atoms with Gasteiger partial charge in [0.15, 0.2) is 0 Å². The summed E-state index contributed by atoms with van der Waals surface area (Å²) in [5.74, 6) is -2.58. The summed E-state index contributed by atoms with van der Waals surface area (Å²) in [4.78, 5) is 63.3. The van der Waals surface area contributed by atoms with E-state index in [-0.39, 0.29) is 33.5 Å². The number of esters is 2. The van der Waals surface area contributed by atoms with Crippen LogP contribution in [-0.4, -0.2) is 102 Å². The lowest BCUT2D eigenvalue weighted by Crippen LogP contribution is -2.56. The highest BCUT2D eigenvalue weighted by Crippen LogP contribution is 2.46. The Morgan fingerprint density at radius 3 is 2.12 bits per heavy atom. The Morgan fingerprint density at radius 2 is 1.56 bits per heavy atom. The molecular weight excluding hydrogens is 677 g/mol. The van der Waals surface area contributed by atoms with Gasteiger partial charge in [-0.25, -0.2) is 14.6 Å². The number of piperidine rings is 1. The van der Waals surface area contributed by atoms with E-state index in [9.17, 15) is 19.2 Å². The molecule has 3 saturated heterocycles. The number of methoxy groups -OCH3 is 2. The van der Waals surface area contributed by atoms with Crippen LogP contribution in [0.1, 0.15) is 55.0 Å². The molecule has 0 radical (unpaired) electrons. The van der Waals surface area contributed by atoms with Crippen LogP contribution in [0.25, 0.3) is 0 Å². The Labute approximate surface area is 293 Å². The number of allylic oxidation sites excluding steroid dienone is 1. The number of aromatic nitrogens is 1. The lowest BCUT2D eigenvalue weighted by molar-refractivity contribution is -0.137. The van der Waals surface area contributed by atoms with Gasteiger partial charge >= 0.3 is 11.9 Å². The predicted molar refractivity (Wildman–Crippen MR) is 181 cm³/mol. The number of hydrogen-bond acceptors (Lipinski definition) is 10.